The normalized spacial score (nSPS) is 23.4. The van der Waals surface area contributed by atoms with Gasteiger partial charge in [-0.3, -0.25) is 9.46 Å². The van der Waals surface area contributed by atoms with Gasteiger partial charge in [0, 0.05) is 13.1 Å². The van der Waals surface area contributed by atoms with Crippen molar-refractivity contribution in [1.82, 2.24) is 4.67 Å². The van der Waals surface area contributed by atoms with Gasteiger partial charge in [0.25, 0.3) is 0 Å². The lowest BCUT2D eigenvalue weighted by Gasteiger charge is -2.34. The van der Waals surface area contributed by atoms with Gasteiger partial charge in [0.15, 0.2) is 0 Å². The lowest BCUT2D eigenvalue weighted by Crippen LogP contribution is -2.39. The van der Waals surface area contributed by atoms with Crippen LogP contribution in [0.15, 0.2) is 12.7 Å². The minimum atomic E-state index is -0.740. The molecule has 0 bridgehead atoms. The molecule has 1 unspecified atom stereocenters. The van der Waals surface area contributed by atoms with E-state index < -0.39 is 11.4 Å². The summed E-state index contributed by atoms with van der Waals surface area (Å²) in [6, 6.07) is 0. The molecule has 1 rings (SSSR count). The Hall–Kier alpha value is -0.400. The van der Waals surface area contributed by atoms with Crippen LogP contribution in [0.4, 0.5) is 0 Å². The summed E-state index contributed by atoms with van der Waals surface area (Å²) >= 11 is 0. The highest BCUT2D eigenvalue weighted by molar-refractivity contribution is 7.13. The molecule has 1 N–H and O–H groups in total. The molecule has 0 radical (unpaired) electrons. The topological polar surface area (TPSA) is 40.5 Å². The number of carbonyl (C=O) groups is 1. The number of hydrogen-bond acceptors (Lipinski definition) is 2. The molecule has 1 heterocycles. The number of rotatable bonds is 2. The molecule has 1 fully saturated rings. The third-order valence-electron chi connectivity index (χ3n) is 2.51. The standard InChI is InChI=1S/C8H14NO2P/c1-2-8(7(10)11)3-5-9(12)6-4-8/h2H,1,3-6,12H2,(H,10,11). The summed E-state index contributed by atoms with van der Waals surface area (Å²) in [5, 5.41) is 8.98. The lowest BCUT2D eigenvalue weighted by atomic mass is 9.79. The first kappa shape index (κ1) is 9.69. The van der Waals surface area contributed by atoms with Gasteiger partial charge in [0.05, 0.1) is 5.41 Å². The Kier molecular flexibility index (Phi) is 2.86. The van der Waals surface area contributed by atoms with E-state index in [0.717, 1.165) is 13.1 Å². The Morgan fingerprint density at radius 3 is 2.42 bits per heavy atom. The third kappa shape index (κ3) is 1.67. The Labute approximate surface area is 74.7 Å². The van der Waals surface area contributed by atoms with Crippen molar-refractivity contribution >= 4 is 15.4 Å². The number of carboxylic acid groups (broad SMARTS) is 1. The second-order valence-electron chi connectivity index (χ2n) is 3.20. The highest BCUT2D eigenvalue weighted by Gasteiger charge is 2.37. The second kappa shape index (κ2) is 3.55. The molecule has 0 amide bonds. The lowest BCUT2D eigenvalue weighted by molar-refractivity contribution is -0.147. The van der Waals surface area contributed by atoms with Crippen molar-refractivity contribution < 1.29 is 9.90 Å². The molecular formula is C8H14NO2P. The SMILES string of the molecule is C=CC1(C(=O)O)CCN(P)CC1. The molecule has 0 aliphatic carbocycles. The Morgan fingerprint density at radius 2 is 2.08 bits per heavy atom. The van der Waals surface area contributed by atoms with Gasteiger partial charge in [-0.25, -0.2) is 0 Å². The van der Waals surface area contributed by atoms with Crippen molar-refractivity contribution in [1.29, 1.82) is 0 Å². The van der Waals surface area contributed by atoms with Crippen molar-refractivity contribution in [2.24, 2.45) is 5.41 Å². The Balaban J connectivity index is 2.70. The van der Waals surface area contributed by atoms with E-state index in [1.165, 1.54) is 0 Å². The summed E-state index contributed by atoms with van der Waals surface area (Å²) in [4.78, 5) is 10.9. The van der Waals surface area contributed by atoms with Crippen LogP contribution < -0.4 is 0 Å². The van der Waals surface area contributed by atoms with E-state index in [0.29, 0.717) is 12.8 Å². The van der Waals surface area contributed by atoms with Crippen LogP contribution in [0.25, 0.3) is 0 Å². The molecule has 0 aromatic rings. The van der Waals surface area contributed by atoms with Gasteiger partial charge in [-0.05, 0) is 12.8 Å². The average Bonchev–Trinajstić information content (AvgIpc) is 2.06. The van der Waals surface area contributed by atoms with E-state index in [-0.39, 0.29) is 0 Å². The first-order chi connectivity index (χ1) is 5.60. The summed E-state index contributed by atoms with van der Waals surface area (Å²) in [6.45, 7) is 5.21. The summed E-state index contributed by atoms with van der Waals surface area (Å²) in [5.41, 5.74) is -0.674. The number of piperidine rings is 1. The third-order valence-corrected chi connectivity index (χ3v) is 3.02. The molecule has 1 atom stereocenters. The molecule has 68 valence electrons. The van der Waals surface area contributed by atoms with Gasteiger partial charge in [0.1, 0.15) is 0 Å². The smallest absolute Gasteiger partial charge is 0.313 e. The molecule has 1 saturated heterocycles. The molecule has 0 saturated carbocycles. The van der Waals surface area contributed by atoms with Crippen molar-refractivity contribution in [3.63, 3.8) is 0 Å². The summed E-state index contributed by atoms with van der Waals surface area (Å²) in [6.07, 6.45) is 2.90. The minimum absolute atomic E-state index is 0.662. The number of nitrogens with zero attached hydrogens (tertiary/aromatic N) is 1. The fourth-order valence-electron chi connectivity index (χ4n) is 1.43. The van der Waals surface area contributed by atoms with Gasteiger partial charge in [-0.1, -0.05) is 15.5 Å². The van der Waals surface area contributed by atoms with E-state index in [9.17, 15) is 4.79 Å². The highest BCUT2D eigenvalue weighted by Crippen LogP contribution is 2.33. The summed E-state index contributed by atoms with van der Waals surface area (Å²) in [7, 11) is 2.59. The molecule has 0 aromatic carbocycles. The van der Waals surface area contributed by atoms with E-state index in [2.05, 4.69) is 20.6 Å². The molecule has 1 aliphatic heterocycles. The zero-order valence-corrected chi connectivity index (χ0v) is 8.15. The molecule has 1 aliphatic rings. The van der Waals surface area contributed by atoms with Crippen LogP contribution in [0.1, 0.15) is 12.8 Å². The van der Waals surface area contributed by atoms with Crippen LogP contribution >= 0.6 is 9.39 Å². The first-order valence-electron chi connectivity index (χ1n) is 3.97. The fraction of sp³-hybridized carbons (Fsp3) is 0.625. The molecule has 3 nitrogen and oxygen atoms in total. The Morgan fingerprint density at radius 1 is 1.58 bits per heavy atom. The van der Waals surface area contributed by atoms with Crippen molar-refractivity contribution in [3.8, 4) is 0 Å². The number of aliphatic carboxylic acids is 1. The maximum Gasteiger partial charge on any atom is 0.313 e. The van der Waals surface area contributed by atoms with E-state index in [4.69, 9.17) is 5.11 Å². The van der Waals surface area contributed by atoms with Gasteiger partial charge < -0.3 is 5.11 Å². The monoisotopic (exact) mass is 187 g/mol. The van der Waals surface area contributed by atoms with Gasteiger partial charge in [-0.2, -0.15) is 0 Å². The van der Waals surface area contributed by atoms with Crippen LogP contribution in [0.5, 0.6) is 0 Å². The van der Waals surface area contributed by atoms with Crippen LogP contribution in [0.2, 0.25) is 0 Å². The van der Waals surface area contributed by atoms with Gasteiger partial charge in [0.2, 0.25) is 0 Å². The van der Waals surface area contributed by atoms with Crippen molar-refractivity contribution in [2.75, 3.05) is 13.1 Å². The first-order valence-corrected chi connectivity index (χ1v) is 4.49. The van der Waals surface area contributed by atoms with Crippen LogP contribution in [0, 0.1) is 5.41 Å². The quantitative estimate of drug-likeness (QED) is 0.520. The van der Waals surface area contributed by atoms with Crippen molar-refractivity contribution in [3.05, 3.63) is 12.7 Å². The maximum absolute atomic E-state index is 10.9. The zero-order chi connectivity index (χ0) is 9.19. The van der Waals surface area contributed by atoms with E-state index in [1.54, 1.807) is 6.08 Å². The molecule has 12 heavy (non-hydrogen) atoms. The molecule has 4 heteroatoms. The predicted octanol–water partition coefficient (Wildman–Crippen LogP) is 1.13. The number of carboxylic acids is 1. The summed E-state index contributed by atoms with van der Waals surface area (Å²) < 4.78 is 2.06. The molecule has 0 aromatic heterocycles. The predicted molar refractivity (Wildman–Crippen MR) is 50.8 cm³/mol. The summed E-state index contributed by atoms with van der Waals surface area (Å²) in [5.74, 6) is -0.740. The van der Waals surface area contributed by atoms with Crippen LogP contribution in [-0.2, 0) is 4.79 Å². The molecular weight excluding hydrogens is 173 g/mol. The maximum atomic E-state index is 10.9. The minimum Gasteiger partial charge on any atom is -0.481 e. The van der Waals surface area contributed by atoms with E-state index in [1.807, 2.05) is 0 Å². The average molecular weight is 187 g/mol. The van der Waals surface area contributed by atoms with Crippen LogP contribution in [-0.4, -0.2) is 28.8 Å². The van der Waals surface area contributed by atoms with Gasteiger partial charge in [-0.15, -0.1) is 6.58 Å². The van der Waals surface area contributed by atoms with E-state index >= 15 is 0 Å². The fourth-order valence-corrected chi connectivity index (χ4v) is 1.69. The largest absolute Gasteiger partial charge is 0.481 e. The van der Waals surface area contributed by atoms with Crippen molar-refractivity contribution in [2.45, 2.75) is 12.8 Å². The number of hydrogen-bond donors (Lipinski definition) is 1. The second-order valence-corrected chi connectivity index (χ2v) is 3.93. The zero-order valence-electron chi connectivity index (χ0n) is 6.99. The van der Waals surface area contributed by atoms with Gasteiger partial charge >= 0.3 is 5.97 Å². The Bertz CT molecular complexity index is 197. The highest BCUT2D eigenvalue weighted by atomic mass is 31.0. The molecule has 0 spiro atoms. The van der Waals surface area contributed by atoms with Crippen LogP contribution in [0.3, 0.4) is 0 Å².